The molecular weight excluding hydrogens is 278 g/mol. The van der Waals surface area contributed by atoms with Gasteiger partial charge >= 0.3 is 5.69 Å². The molecule has 0 aliphatic carbocycles. The van der Waals surface area contributed by atoms with Gasteiger partial charge in [0.1, 0.15) is 0 Å². The number of aromatic hydroxyl groups is 1. The first-order valence-electron chi connectivity index (χ1n) is 5.80. The van der Waals surface area contributed by atoms with E-state index in [-0.39, 0.29) is 11.5 Å². The summed E-state index contributed by atoms with van der Waals surface area (Å²) in [7, 11) is 0. The molecule has 0 saturated heterocycles. The van der Waals surface area contributed by atoms with Crippen molar-refractivity contribution in [2.24, 2.45) is 5.10 Å². The first-order valence-corrected chi connectivity index (χ1v) is 5.80. The van der Waals surface area contributed by atoms with E-state index in [1.165, 1.54) is 30.5 Å². The first-order chi connectivity index (χ1) is 9.95. The maximum absolute atomic E-state index is 11.2. The van der Waals surface area contributed by atoms with Crippen molar-refractivity contribution < 1.29 is 10.0 Å². The predicted octanol–water partition coefficient (Wildman–Crippen LogP) is 1.14. The number of hydrazone groups is 1. The van der Waals surface area contributed by atoms with Gasteiger partial charge in [-0.25, -0.2) is 10.4 Å². The van der Waals surface area contributed by atoms with E-state index in [0.29, 0.717) is 11.3 Å². The maximum Gasteiger partial charge on any atom is 0.311 e. The molecule has 0 unspecified atom stereocenters. The normalized spacial score (nSPS) is 10.7. The lowest BCUT2D eigenvalue weighted by Gasteiger charge is -2.00. The van der Waals surface area contributed by atoms with Crippen LogP contribution in [0, 0.1) is 17.0 Å². The minimum atomic E-state index is -0.695. The molecule has 0 atom stereocenters. The standard InChI is InChI=1S/C12H11N5O4/c1-7-4-11(19)15-12(14-7)16-13-6-8-2-3-10(18)9(5-8)17(20)21/h2-6,18H,1H3,(H2,14,15,16,19)/b13-6+. The molecule has 3 N–H and O–H groups in total. The summed E-state index contributed by atoms with van der Waals surface area (Å²) in [6.45, 7) is 1.66. The van der Waals surface area contributed by atoms with Crippen molar-refractivity contribution in [2.45, 2.75) is 6.92 Å². The van der Waals surface area contributed by atoms with Gasteiger partial charge in [0.05, 0.1) is 11.1 Å². The minimum absolute atomic E-state index is 0.157. The zero-order valence-electron chi connectivity index (χ0n) is 10.9. The van der Waals surface area contributed by atoms with Gasteiger partial charge in [0, 0.05) is 23.4 Å². The van der Waals surface area contributed by atoms with Crippen LogP contribution in [0.5, 0.6) is 5.75 Å². The number of phenolic OH excluding ortho intramolecular Hbond substituents is 1. The van der Waals surface area contributed by atoms with Gasteiger partial charge in [-0.3, -0.25) is 19.9 Å². The van der Waals surface area contributed by atoms with Gasteiger partial charge in [-0.15, -0.1) is 0 Å². The summed E-state index contributed by atoms with van der Waals surface area (Å²) >= 11 is 0. The molecule has 9 heteroatoms. The van der Waals surface area contributed by atoms with Crippen molar-refractivity contribution in [1.29, 1.82) is 0 Å². The molecule has 2 aromatic rings. The summed E-state index contributed by atoms with van der Waals surface area (Å²) in [5.41, 5.74) is 2.70. The Morgan fingerprint density at radius 1 is 1.48 bits per heavy atom. The summed E-state index contributed by atoms with van der Waals surface area (Å²) in [5.74, 6) is -0.265. The van der Waals surface area contributed by atoms with Gasteiger partial charge in [-0.2, -0.15) is 5.10 Å². The van der Waals surface area contributed by atoms with Crippen molar-refractivity contribution in [3.63, 3.8) is 0 Å². The molecule has 0 saturated carbocycles. The Morgan fingerprint density at radius 2 is 2.24 bits per heavy atom. The number of phenols is 1. The molecular formula is C12H11N5O4. The quantitative estimate of drug-likeness (QED) is 0.439. The van der Waals surface area contributed by atoms with Gasteiger partial charge < -0.3 is 5.11 Å². The van der Waals surface area contributed by atoms with Crippen LogP contribution >= 0.6 is 0 Å². The van der Waals surface area contributed by atoms with E-state index < -0.39 is 16.4 Å². The summed E-state index contributed by atoms with van der Waals surface area (Å²) in [4.78, 5) is 27.6. The second kappa shape index (κ2) is 5.82. The number of aromatic amines is 1. The maximum atomic E-state index is 11.2. The highest BCUT2D eigenvalue weighted by Gasteiger charge is 2.12. The molecule has 1 heterocycles. The number of benzene rings is 1. The molecule has 0 aliphatic rings. The molecule has 2 rings (SSSR count). The number of nitrogens with one attached hydrogen (secondary N) is 2. The van der Waals surface area contributed by atoms with Crippen LogP contribution in [-0.2, 0) is 0 Å². The van der Waals surface area contributed by atoms with Gasteiger partial charge in [0.25, 0.3) is 5.56 Å². The highest BCUT2D eigenvalue weighted by Crippen LogP contribution is 2.25. The third-order valence-electron chi connectivity index (χ3n) is 2.45. The topological polar surface area (TPSA) is 134 Å². The van der Waals surface area contributed by atoms with Crippen LogP contribution in [0.3, 0.4) is 0 Å². The Labute approximate surface area is 118 Å². The number of hydrogen-bond acceptors (Lipinski definition) is 7. The molecule has 21 heavy (non-hydrogen) atoms. The van der Waals surface area contributed by atoms with E-state index in [1.807, 2.05) is 0 Å². The van der Waals surface area contributed by atoms with Crippen LogP contribution in [0.25, 0.3) is 0 Å². The minimum Gasteiger partial charge on any atom is -0.502 e. The van der Waals surface area contributed by atoms with Crippen LogP contribution in [0.4, 0.5) is 11.6 Å². The van der Waals surface area contributed by atoms with Gasteiger partial charge in [-0.05, 0) is 19.1 Å². The van der Waals surface area contributed by atoms with Gasteiger partial charge in [0.2, 0.25) is 5.95 Å². The highest BCUT2D eigenvalue weighted by molar-refractivity contribution is 5.81. The fourth-order valence-electron chi connectivity index (χ4n) is 1.57. The van der Waals surface area contributed by atoms with Crippen LogP contribution in [-0.4, -0.2) is 26.2 Å². The molecule has 0 spiro atoms. The van der Waals surface area contributed by atoms with E-state index in [0.717, 1.165) is 0 Å². The molecule has 0 radical (unpaired) electrons. The van der Waals surface area contributed by atoms with Crippen molar-refractivity contribution >= 4 is 17.9 Å². The number of nitro benzene ring substituents is 1. The third-order valence-corrected chi connectivity index (χ3v) is 2.45. The Kier molecular flexibility index (Phi) is 3.93. The third kappa shape index (κ3) is 3.62. The van der Waals surface area contributed by atoms with E-state index in [1.54, 1.807) is 6.92 Å². The molecule has 0 aliphatic heterocycles. The zero-order chi connectivity index (χ0) is 15.4. The fourth-order valence-corrected chi connectivity index (χ4v) is 1.57. The lowest BCUT2D eigenvalue weighted by atomic mass is 10.2. The van der Waals surface area contributed by atoms with Crippen LogP contribution in [0.15, 0.2) is 34.2 Å². The van der Waals surface area contributed by atoms with Gasteiger partial charge in [0.15, 0.2) is 5.75 Å². The number of aryl methyl sites for hydroxylation is 1. The average molecular weight is 289 g/mol. The smallest absolute Gasteiger partial charge is 0.311 e. The second-order valence-corrected chi connectivity index (χ2v) is 4.11. The number of nitrogens with zero attached hydrogens (tertiary/aromatic N) is 3. The number of nitro groups is 1. The summed E-state index contributed by atoms with van der Waals surface area (Å²) in [6, 6.07) is 5.16. The summed E-state index contributed by atoms with van der Waals surface area (Å²) in [6.07, 6.45) is 1.30. The predicted molar refractivity (Wildman–Crippen MR) is 75.6 cm³/mol. The van der Waals surface area contributed by atoms with E-state index in [4.69, 9.17) is 0 Å². The Hall–Kier alpha value is -3.23. The van der Waals surface area contributed by atoms with Gasteiger partial charge in [-0.1, -0.05) is 0 Å². The first kappa shape index (κ1) is 14.2. The lowest BCUT2D eigenvalue weighted by Crippen LogP contribution is -2.10. The number of hydrogen-bond donors (Lipinski definition) is 3. The molecule has 0 fully saturated rings. The lowest BCUT2D eigenvalue weighted by molar-refractivity contribution is -0.385. The van der Waals surface area contributed by atoms with E-state index in [2.05, 4.69) is 20.5 Å². The summed E-state index contributed by atoms with van der Waals surface area (Å²) < 4.78 is 0. The van der Waals surface area contributed by atoms with Crippen molar-refractivity contribution in [3.05, 3.63) is 56.0 Å². The number of aromatic nitrogens is 2. The molecule has 108 valence electrons. The Bertz CT molecular complexity index is 768. The largest absolute Gasteiger partial charge is 0.502 e. The summed E-state index contributed by atoms with van der Waals surface area (Å²) in [5, 5.41) is 23.8. The molecule has 1 aromatic heterocycles. The Balaban J connectivity index is 2.16. The van der Waals surface area contributed by atoms with E-state index in [9.17, 15) is 20.0 Å². The van der Waals surface area contributed by atoms with Crippen LogP contribution in [0.2, 0.25) is 0 Å². The molecule has 9 nitrogen and oxygen atoms in total. The van der Waals surface area contributed by atoms with E-state index >= 15 is 0 Å². The zero-order valence-corrected chi connectivity index (χ0v) is 10.9. The highest BCUT2D eigenvalue weighted by atomic mass is 16.6. The number of anilines is 1. The van der Waals surface area contributed by atoms with Crippen molar-refractivity contribution in [3.8, 4) is 5.75 Å². The second-order valence-electron chi connectivity index (χ2n) is 4.11. The SMILES string of the molecule is Cc1cc(=O)[nH]c(N/N=C/c2ccc(O)c([N+](=O)[O-])c2)n1. The molecule has 0 amide bonds. The van der Waals surface area contributed by atoms with Crippen LogP contribution in [0.1, 0.15) is 11.3 Å². The Morgan fingerprint density at radius 3 is 2.90 bits per heavy atom. The number of H-pyrrole nitrogens is 1. The number of rotatable bonds is 4. The fraction of sp³-hybridized carbons (Fsp3) is 0.0833. The van der Waals surface area contributed by atoms with Crippen molar-refractivity contribution in [1.82, 2.24) is 9.97 Å². The molecule has 0 bridgehead atoms. The molecule has 1 aromatic carbocycles. The average Bonchev–Trinajstić information content (AvgIpc) is 2.39. The van der Waals surface area contributed by atoms with Crippen molar-refractivity contribution in [2.75, 3.05) is 5.43 Å². The van der Waals surface area contributed by atoms with Crippen LogP contribution < -0.4 is 11.0 Å². The monoisotopic (exact) mass is 289 g/mol.